The molecule has 24 heavy (non-hydrogen) atoms. The highest BCUT2D eigenvalue weighted by Gasteiger charge is 2.17. The van der Waals surface area contributed by atoms with Crippen LogP contribution in [0.4, 0.5) is 5.69 Å². The summed E-state index contributed by atoms with van der Waals surface area (Å²) in [4.78, 5) is 12.4. The Morgan fingerprint density at radius 2 is 1.96 bits per heavy atom. The number of carbonyl (C=O) groups excluding carboxylic acids is 1. The number of fused-ring (bicyclic) bond motifs is 1. The third-order valence-electron chi connectivity index (χ3n) is 3.65. The van der Waals surface area contributed by atoms with E-state index in [1.807, 2.05) is 31.2 Å². The first-order valence-electron chi connectivity index (χ1n) is 7.56. The topological polar surface area (TPSA) is 71.4 Å². The molecule has 1 N–H and O–H groups in total. The summed E-state index contributed by atoms with van der Waals surface area (Å²) in [5.41, 5.74) is 2.25. The van der Waals surface area contributed by atoms with Gasteiger partial charge in [-0.2, -0.15) is 5.26 Å². The van der Waals surface area contributed by atoms with Crippen molar-refractivity contribution in [3.8, 4) is 17.6 Å². The van der Waals surface area contributed by atoms with Crippen LogP contribution in [0.5, 0.6) is 11.5 Å². The van der Waals surface area contributed by atoms with Gasteiger partial charge in [0.1, 0.15) is 24.9 Å². The number of benzene rings is 2. The van der Waals surface area contributed by atoms with Crippen molar-refractivity contribution in [2.24, 2.45) is 0 Å². The number of amides is 1. The number of anilines is 1. The Bertz CT molecular complexity index is 850. The monoisotopic (exact) mass is 320 g/mol. The third kappa shape index (κ3) is 3.23. The molecule has 120 valence electrons. The summed E-state index contributed by atoms with van der Waals surface area (Å²) in [6.45, 7) is 2.82. The van der Waals surface area contributed by atoms with Crippen LogP contribution in [0, 0.1) is 18.3 Å². The lowest BCUT2D eigenvalue weighted by Crippen LogP contribution is -2.16. The van der Waals surface area contributed by atoms with E-state index < -0.39 is 5.91 Å². The van der Waals surface area contributed by atoms with Crippen molar-refractivity contribution >= 4 is 17.7 Å². The number of aryl methyl sites for hydroxylation is 1. The lowest BCUT2D eigenvalue weighted by Gasteiger charge is -2.19. The number of ether oxygens (including phenoxy) is 2. The smallest absolute Gasteiger partial charge is 0.266 e. The quantitative estimate of drug-likeness (QED) is 0.695. The van der Waals surface area contributed by atoms with Crippen LogP contribution in [0.15, 0.2) is 48.0 Å². The van der Waals surface area contributed by atoms with Gasteiger partial charge in [-0.15, -0.1) is 0 Å². The molecule has 5 nitrogen and oxygen atoms in total. The number of para-hydroxylation sites is 2. The predicted octanol–water partition coefficient (Wildman–Crippen LogP) is 3.31. The van der Waals surface area contributed by atoms with E-state index in [0.29, 0.717) is 36.0 Å². The number of carbonyl (C=O) groups is 1. The van der Waals surface area contributed by atoms with Gasteiger partial charge in [0.15, 0.2) is 11.5 Å². The molecule has 0 aromatic heterocycles. The van der Waals surface area contributed by atoms with E-state index in [4.69, 9.17) is 9.47 Å². The van der Waals surface area contributed by atoms with Gasteiger partial charge in [0.05, 0.1) is 0 Å². The van der Waals surface area contributed by atoms with Crippen molar-refractivity contribution in [1.29, 1.82) is 5.26 Å². The summed E-state index contributed by atoms with van der Waals surface area (Å²) in [6.07, 6.45) is 1.52. The minimum Gasteiger partial charge on any atom is -0.486 e. The minimum absolute atomic E-state index is 0.000765. The fourth-order valence-electron chi connectivity index (χ4n) is 2.42. The summed E-state index contributed by atoms with van der Waals surface area (Å²) >= 11 is 0. The first-order chi connectivity index (χ1) is 11.7. The summed E-state index contributed by atoms with van der Waals surface area (Å²) in [6, 6.07) is 14.7. The number of hydrogen-bond acceptors (Lipinski definition) is 4. The van der Waals surface area contributed by atoms with E-state index >= 15 is 0 Å². The van der Waals surface area contributed by atoms with Crippen molar-refractivity contribution in [3.63, 3.8) is 0 Å². The summed E-state index contributed by atoms with van der Waals surface area (Å²) in [5, 5.41) is 12.1. The Kier molecular flexibility index (Phi) is 4.48. The van der Waals surface area contributed by atoms with E-state index in [0.717, 1.165) is 5.56 Å². The van der Waals surface area contributed by atoms with Crippen LogP contribution in [-0.2, 0) is 4.79 Å². The Hall–Kier alpha value is -3.26. The second-order valence-electron chi connectivity index (χ2n) is 5.31. The lowest BCUT2D eigenvalue weighted by atomic mass is 10.1. The van der Waals surface area contributed by atoms with Crippen LogP contribution < -0.4 is 14.8 Å². The van der Waals surface area contributed by atoms with Gasteiger partial charge < -0.3 is 14.8 Å². The first kappa shape index (κ1) is 15.6. The fourth-order valence-corrected chi connectivity index (χ4v) is 2.42. The Morgan fingerprint density at radius 1 is 1.17 bits per heavy atom. The molecule has 1 amide bonds. The van der Waals surface area contributed by atoms with E-state index in [2.05, 4.69) is 5.32 Å². The van der Waals surface area contributed by atoms with Gasteiger partial charge in [-0.25, -0.2) is 0 Å². The third-order valence-corrected chi connectivity index (χ3v) is 3.65. The van der Waals surface area contributed by atoms with Crippen LogP contribution >= 0.6 is 0 Å². The van der Waals surface area contributed by atoms with Gasteiger partial charge >= 0.3 is 0 Å². The molecule has 1 aliphatic rings. The predicted molar refractivity (Wildman–Crippen MR) is 90.8 cm³/mol. The second kappa shape index (κ2) is 6.88. The molecule has 0 aliphatic carbocycles. The van der Waals surface area contributed by atoms with Gasteiger partial charge in [-0.1, -0.05) is 30.3 Å². The van der Waals surface area contributed by atoms with Crippen LogP contribution in [0.1, 0.15) is 11.1 Å². The van der Waals surface area contributed by atoms with Crippen LogP contribution in [0.3, 0.4) is 0 Å². The molecule has 0 saturated carbocycles. The normalized spacial score (nSPS) is 13.1. The van der Waals surface area contributed by atoms with Crippen molar-refractivity contribution < 1.29 is 14.3 Å². The molecule has 0 atom stereocenters. The minimum atomic E-state index is -0.457. The van der Waals surface area contributed by atoms with Crippen molar-refractivity contribution in [2.75, 3.05) is 18.5 Å². The average Bonchev–Trinajstić information content (AvgIpc) is 2.61. The Morgan fingerprint density at radius 3 is 2.75 bits per heavy atom. The molecule has 5 heteroatoms. The number of hydrogen-bond donors (Lipinski definition) is 1. The SMILES string of the molecule is Cc1ccccc1NC(=O)/C(C#N)=C\c1cccc2c1OCCO2. The van der Waals surface area contributed by atoms with Crippen molar-refractivity contribution in [2.45, 2.75) is 6.92 Å². The van der Waals surface area contributed by atoms with Crippen molar-refractivity contribution in [3.05, 3.63) is 59.2 Å². The van der Waals surface area contributed by atoms with E-state index in [1.54, 1.807) is 24.3 Å². The Balaban J connectivity index is 1.89. The zero-order valence-corrected chi connectivity index (χ0v) is 13.2. The molecule has 2 aromatic rings. The van der Waals surface area contributed by atoms with Gasteiger partial charge in [0.2, 0.25) is 0 Å². The maximum absolute atomic E-state index is 12.4. The van der Waals surface area contributed by atoms with Gasteiger partial charge in [-0.3, -0.25) is 4.79 Å². The number of rotatable bonds is 3. The molecule has 0 spiro atoms. The maximum atomic E-state index is 12.4. The Labute approximate surface area is 140 Å². The van der Waals surface area contributed by atoms with Crippen LogP contribution in [0.2, 0.25) is 0 Å². The molecule has 0 fully saturated rings. The first-order valence-corrected chi connectivity index (χ1v) is 7.56. The summed E-state index contributed by atoms with van der Waals surface area (Å²) in [5.74, 6) is 0.716. The second-order valence-corrected chi connectivity index (χ2v) is 5.31. The van der Waals surface area contributed by atoms with Crippen LogP contribution in [0.25, 0.3) is 6.08 Å². The highest BCUT2D eigenvalue weighted by molar-refractivity contribution is 6.10. The molecule has 0 saturated heterocycles. The molecular formula is C19H16N2O3. The molecule has 1 heterocycles. The molecule has 2 aromatic carbocycles. The van der Waals surface area contributed by atoms with Crippen LogP contribution in [-0.4, -0.2) is 19.1 Å². The zero-order chi connectivity index (χ0) is 16.9. The summed E-state index contributed by atoms with van der Waals surface area (Å²) < 4.78 is 11.1. The molecule has 0 unspecified atom stereocenters. The molecule has 0 radical (unpaired) electrons. The van der Waals surface area contributed by atoms with E-state index in [-0.39, 0.29) is 5.57 Å². The van der Waals surface area contributed by atoms with Gasteiger partial charge in [-0.05, 0) is 30.7 Å². The molecule has 1 aliphatic heterocycles. The van der Waals surface area contributed by atoms with Gasteiger partial charge in [0.25, 0.3) is 5.91 Å². The number of nitrogens with one attached hydrogen (secondary N) is 1. The molecule has 3 rings (SSSR count). The average molecular weight is 320 g/mol. The largest absolute Gasteiger partial charge is 0.486 e. The highest BCUT2D eigenvalue weighted by Crippen LogP contribution is 2.34. The zero-order valence-electron chi connectivity index (χ0n) is 13.2. The summed E-state index contributed by atoms with van der Waals surface area (Å²) in [7, 11) is 0. The maximum Gasteiger partial charge on any atom is 0.266 e. The number of nitrogens with zero attached hydrogens (tertiary/aromatic N) is 1. The molecule has 0 bridgehead atoms. The van der Waals surface area contributed by atoms with E-state index in [9.17, 15) is 10.1 Å². The highest BCUT2D eigenvalue weighted by atomic mass is 16.6. The number of nitriles is 1. The van der Waals surface area contributed by atoms with E-state index in [1.165, 1.54) is 6.08 Å². The van der Waals surface area contributed by atoms with Gasteiger partial charge in [0, 0.05) is 11.3 Å². The standard InChI is InChI=1S/C19H16N2O3/c1-13-5-2-3-7-16(13)21-19(22)15(12-20)11-14-6-4-8-17-18(14)24-10-9-23-17/h2-8,11H,9-10H2,1H3,(H,21,22)/b15-11-. The lowest BCUT2D eigenvalue weighted by molar-refractivity contribution is -0.112. The van der Waals surface area contributed by atoms with Crippen molar-refractivity contribution in [1.82, 2.24) is 0 Å². The molecular weight excluding hydrogens is 304 g/mol. The fraction of sp³-hybridized carbons (Fsp3) is 0.158.